The van der Waals surface area contributed by atoms with Gasteiger partial charge in [-0.15, -0.1) is 11.3 Å². The van der Waals surface area contributed by atoms with E-state index in [0.29, 0.717) is 6.61 Å². The molecule has 0 aliphatic carbocycles. The lowest BCUT2D eigenvalue weighted by molar-refractivity contribution is 0.158. The number of benzene rings is 1. The van der Waals surface area contributed by atoms with Crippen LogP contribution in [-0.4, -0.2) is 36.2 Å². The molecule has 0 saturated carbocycles. The summed E-state index contributed by atoms with van der Waals surface area (Å²) >= 11 is 1.73. The lowest BCUT2D eigenvalue weighted by Gasteiger charge is -2.36. The van der Waals surface area contributed by atoms with Crippen LogP contribution in [-0.2, 0) is 5.54 Å². The summed E-state index contributed by atoms with van der Waals surface area (Å²) in [5, 5.41) is 8.15. The molecule has 5 nitrogen and oxygen atoms in total. The van der Waals surface area contributed by atoms with Crippen molar-refractivity contribution >= 4 is 21.6 Å². The maximum absolute atomic E-state index is 6.00. The first-order chi connectivity index (χ1) is 11.4. The monoisotopic (exact) mass is 326 g/mol. The highest BCUT2D eigenvalue weighted by atomic mass is 32.1. The molecule has 1 saturated heterocycles. The molecule has 1 unspecified atom stereocenters. The smallest absolute Gasteiger partial charge is 0.137 e. The summed E-state index contributed by atoms with van der Waals surface area (Å²) in [7, 11) is 0. The quantitative estimate of drug-likeness (QED) is 0.769. The van der Waals surface area contributed by atoms with E-state index in [1.54, 1.807) is 23.7 Å². The van der Waals surface area contributed by atoms with Crippen molar-refractivity contribution in [1.29, 1.82) is 0 Å². The summed E-state index contributed by atoms with van der Waals surface area (Å²) in [6.07, 6.45) is 3.49. The Balaban J connectivity index is 1.65. The normalized spacial score (nSPS) is 21.4. The van der Waals surface area contributed by atoms with Gasteiger partial charge in [-0.3, -0.25) is 4.98 Å². The molecule has 3 heterocycles. The van der Waals surface area contributed by atoms with Gasteiger partial charge in [0.05, 0.1) is 16.4 Å². The van der Waals surface area contributed by atoms with E-state index in [-0.39, 0.29) is 5.54 Å². The van der Waals surface area contributed by atoms with Gasteiger partial charge in [0.25, 0.3) is 0 Å². The SMILES string of the molecule is c1cncc(OCC2(c3nc4ccccc4s3)CNCCN2)c1. The number of hydrogen-bond acceptors (Lipinski definition) is 6. The Bertz CT molecular complexity index is 750. The van der Waals surface area contributed by atoms with Crippen LogP contribution in [0.2, 0.25) is 0 Å². The van der Waals surface area contributed by atoms with E-state index >= 15 is 0 Å². The predicted molar refractivity (Wildman–Crippen MR) is 91.9 cm³/mol. The molecule has 1 atom stereocenters. The number of nitrogens with one attached hydrogen (secondary N) is 2. The van der Waals surface area contributed by atoms with E-state index < -0.39 is 0 Å². The standard InChI is InChI=1S/C17H18N4OS/c1-2-6-15-14(5-1)21-16(23-15)17(11-19-8-9-20-17)12-22-13-4-3-7-18-10-13/h1-7,10,19-20H,8-9,11-12H2. The van der Waals surface area contributed by atoms with Gasteiger partial charge in [0, 0.05) is 25.8 Å². The number of rotatable bonds is 4. The van der Waals surface area contributed by atoms with Gasteiger partial charge >= 0.3 is 0 Å². The van der Waals surface area contributed by atoms with Crippen LogP contribution >= 0.6 is 11.3 Å². The molecule has 2 aromatic heterocycles. The average Bonchev–Trinajstić information content (AvgIpc) is 3.07. The molecule has 1 aliphatic rings. The summed E-state index contributed by atoms with van der Waals surface area (Å²) in [6, 6.07) is 12.1. The second kappa shape index (κ2) is 6.23. The molecular weight excluding hydrogens is 308 g/mol. The van der Waals surface area contributed by atoms with Crippen LogP contribution in [0.15, 0.2) is 48.8 Å². The second-order valence-electron chi connectivity index (χ2n) is 5.65. The summed E-state index contributed by atoms with van der Waals surface area (Å²) < 4.78 is 7.21. The van der Waals surface area contributed by atoms with Crippen molar-refractivity contribution in [2.75, 3.05) is 26.2 Å². The van der Waals surface area contributed by atoms with Gasteiger partial charge < -0.3 is 15.4 Å². The maximum Gasteiger partial charge on any atom is 0.137 e. The summed E-state index contributed by atoms with van der Waals surface area (Å²) in [5.41, 5.74) is 0.734. The topological polar surface area (TPSA) is 59.1 Å². The van der Waals surface area contributed by atoms with Gasteiger partial charge in [-0.25, -0.2) is 4.98 Å². The largest absolute Gasteiger partial charge is 0.490 e. The van der Waals surface area contributed by atoms with Crippen molar-refractivity contribution in [1.82, 2.24) is 20.6 Å². The van der Waals surface area contributed by atoms with Gasteiger partial charge in [-0.05, 0) is 24.3 Å². The van der Waals surface area contributed by atoms with Crippen molar-refractivity contribution < 1.29 is 4.74 Å². The first-order valence-electron chi connectivity index (χ1n) is 7.70. The van der Waals surface area contributed by atoms with E-state index in [9.17, 15) is 0 Å². The van der Waals surface area contributed by atoms with Gasteiger partial charge in [0.15, 0.2) is 0 Å². The highest BCUT2D eigenvalue weighted by molar-refractivity contribution is 7.18. The fraction of sp³-hybridized carbons (Fsp3) is 0.294. The Hall–Kier alpha value is -2.02. The van der Waals surface area contributed by atoms with Crippen molar-refractivity contribution in [3.8, 4) is 5.75 Å². The number of aromatic nitrogens is 2. The Kier molecular flexibility index (Phi) is 3.95. The van der Waals surface area contributed by atoms with Gasteiger partial charge in [-0.1, -0.05) is 12.1 Å². The molecule has 0 spiro atoms. The van der Waals surface area contributed by atoms with Crippen LogP contribution in [0.25, 0.3) is 10.2 Å². The molecule has 1 aliphatic heterocycles. The minimum atomic E-state index is -0.308. The lowest BCUT2D eigenvalue weighted by atomic mass is 9.99. The zero-order chi connectivity index (χ0) is 15.5. The summed E-state index contributed by atoms with van der Waals surface area (Å²) in [5.74, 6) is 0.778. The molecule has 118 valence electrons. The molecule has 0 amide bonds. The second-order valence-corrected chi connectivity index (χ2v) is 6.68. The molecular formula is C17H18N4OS. The summed E-state index contributed by atoms with van der Waals surface area (Å²) in [6.45, 7) is 3.17. The van der Waals surface area contributed by atoms with Crippen LogP contribution in [0.4, 0.5) is 0 Å². The molecule has 4 rings (SSSR count). The summed E-state index contributed by atoms with van der Waals surface area (Å²) in [4.78, 5) is 8.95. The third-order valence-electron chi connectivity index (χ3n) is 4.01. The van der Waals surface area contributed by atoms with E-state index in [2.05, 4.69) is 33.8 Å². The van der Waals surface area contributed by atoms with Crippen molar-refractivity contribution in [2.24, 2.45) is 0 Å². The van der Waals surface area contributed by atoms with Crippen LogP contribution in [0.5, 0.6) is 5.75 Å². The molecule has 1 fully saturated rings. The fourth-order valence-electron chi connectivity index (χ4n) is 2.79. The average molecular weight is 326 g/mol. The highest BCUT2D eigenvalue weighted by Crippen LogP contribution is 2.31. The van der Waals surface area contributed by atoms with Crippen molar-refractivity contribution in [2.45, 2.75) is 5.54 Å². The van der Waals surface area contributed by atoms with E-state index in [1.807, 2.05) is 18.2 Å². The number of thiazole rings is 1. The molecule has 0 radical (unpaired) electrons. The number of para-hydroxylation sites is 1. The molecule has 2 N–H and O–H groups in total. The maximum atomic E-state index is 6.00. The van der Waals surface area contributed by atoms with E-state index in [0.717, 1.165) is 35.9 Å². The van der Waals surface area contributed by atoms with Gasteiger partial charge in [0.2, 0.25) is 0 Å². The first kappa shape index (κ1) is 14.6. The van der Waals surface area contributed by atoms with E-state index in [4.69, 9.17) is 9.72 Å². The van der Waals surface area contributed by atoms with Crippen LogP contribution in [0.1, 0.15) is 5.01 Å². The minimum absolute atomic E-state index is 0.308. The van der Waals surface area contributed by atoms with Gasteiger partial charge in [-0.2, -0.15) is 0 Å². The number of nitrogens with zero attached hydrogens (tertiary/aromatic N) is 2. The van der Waals surface area contributed by atoms with Crippen LogP contribution in [0, 0.1) is 0 Å². The third kappa shape index (κ3) is 2.93. The van der Waals surface area contributed by atoms with Crippen molar-refractivity contribution in [3.05, 3.63) is 53.8 Å². The van der Waals surface area contributed by atoms with Crippen molar-refractivity contribution in [3.63, 3.8) is 0 Å². The number of fused-ring (bicyclic) bond motifs is 1. The number of ether oxygens (including phenoxy) is 1. The predicted octanol–water partition coefficient (Wildman–Crippen LogP) is 2.16. The molecule has 6 heteroatoms. The van der Waals surface area contributed by atoms with Crippen LogP contribution in [0.3, 0.4) is 0 Å². The Morgan fingerprint density at radius 1 is 1.17 bits per heavy atom. The zero-order valence-electron chi connectivity index (χ0n) is 12.7. The number of piperazine rings is 1. The Morgan fingerprint density at radius 2 is 2.13 bits per heavy atom. The van der Waals surface area contributed by atoms with Crippen LogP contribution < -0.4 is 15.4 Å². The van der Waals surface area contributed by atoms with Gasteiger partial charge in [0.1, 0.15) is 22.9 Å². The molecule has 3 aromatic rings. The minimum Gasteiger partial charge on any atom is -0.490 e. The first-order valence-corrected chi connectivity index (χ1v) is 8.52. The number of hydrogen-bond donors (Lipinski definition) is 2. The highest BCUT2D eigenvalue weighted by Gasteiger charge is 2.38. The molecule has 1 aromatic carbocycles. The molecule has 23 heavy (non-hydrogen) atoms. The Labute approximate surface area is 138 Å². The molecule has 0 bridgehead atoms. The zero-order valence-corrected chi connectivity index (χ0v) is 13.5. The lowest BCUT2D eigenvalue weighted by Crippen LogP contribution is -2.59. The Morgan fingerprint density at radius 3 is 2.91 bits per heavy atom. The third-order valence-corrected chi connectivity index (χ3v) is 5.26. The van der Waals surface area contributed by atoms with E-state index in [1.165, 1.54) is 4.70 Å². The number of pyridine rings is 1. The fourth-order valence-corrected chi connectivity index (χ4v) is 3.90.